The molecule has 0 spiro atoms. The van der Waals surface area contributed by atoms with Crippen LogP contribution in [0.5, 0.6) is 0 Å². The highest BCUT2D eigenvalue weighted by Gasteiger charge is 2.30. The van der Waals surface area contributed by atoms with E-state index in [0.29, 0.717) is 11.6 Å². The van der Waals surface area contributed by atoms with Gasteiger partial charge in [0, 0.05) is 29.9 Å². The Bertz CT molecular complexity index is 940. The van der Waals surface area contributed by atoms with Gasteiger partial charge in [-0.25, -0.2) is 4.79 Å². The highest BCUT2D eigenvalue weighted by molar-refractivity contribution is 5.80. The zero-order chi connectivity index (χ0) is 18.6. The van der Waals surface area contributed by atoms with Crippen LogP contribution in [-0.2, 0) is 13.0 Å². The second kappa shape index (κ2) is 8.11. The van der Waals surface area contributed by atoms with Crippen molar-refractivity contribution in [3.8, 4) is 0 Å². The van der Waals surface area contributed by atoms with Crippen molar-refractivity contribution in [1.82, 2.24) is 0 Å². The molecule has 1 aromatic carbocycles. The molecule has 4 rings (SSSR count). The first-order valence-electron chi connectivity index (χ1n) is 10.00. The first kappa shape index (κ1) is 18.0. The zero-order valence-electron chi connectivity index (χ0n) is 15.9. The maximum absolute atomic E-state index is 12.0. The Labute approximate surface area is 159 Å². The van der Waals surface area contributed by atoms with E-state index in [1.165, 1.54) is 31.5 Å². The number of fused-ring (bicyclic) bond motifs is 1. The highest BCUT2D eigenvalue weighted by Crippen LogP contribution is 2.18. The maximum Gasteiger partial charge on any atom is 0.336 e. The van der Waals surface area contributed by atoms with Gasteiger partial charge in [-0.15, -0.1) is 0 Å². The van der Waals surface area contributed by atoms with Gasteiger partial charge in [-0.2, -0.15) is 0 Å². The molecule has 3 N–H and O–H groups in total. The highest BCUT2D eigenvalue weighted by atomic mass is 16.4. The first-order valence-corrected chi connectivity index (χ1v) is 10.00. The van der Waals surface area contributed by atoms with Gasteiger partial charge in [0.2, 0.25) is 0 Å². The fourth-order valence-electron chi connectivity index (χ4n) is 4.22. The molecule has 1 fully saturated rings. The summed E-state index contributed by atoms with van der Waals surface area (Å²) in [5.41, 5.74) is 2.64. The van der Waals surface area contributed by atoms with E-state index in [1.807, 2.05) is 12.1 Å². The van der Waals surface area contributed by atoms with Crippen LogP contribution in [0.1, 0.15) is 42.7 Å². The average molecular weight is 368 g/mol. The van der Waals surface area contributed by atoms with E-state index in [-0.39, 0.29) is 5.63 Å². The molecule has 3 aromatic rings. The lowest BCUT2D eigenvalue weighted by atomic mass is 10.1. The Kier molecular flexibility index (Phi) is 5.41. The molecule has 1 aliphatic rings. The van der Waals surface area contributed by atoms with Crippen molar-refractivity contribution in [3.05, 3.63) is 70.0 Å². The van der Waals surface area contributed by atoms with Crippen molar-refractivity contribution in [2.45, 2.75) is 38.8 Å². The van der Waals surface area contributed by atoms with E-state index in [4.69, 9.17) is 8.83 Å². The summed E-state index contributed by atoms with van der Waals surface area (Å²) in [6.07, 6.45) is 5.27. The number of nitrogens with one attached hydrogen (secondary N) is 1. The lowest BCUT2D eigenvalue weighted by Crippen LogP contribution is -3.13. The molecule has 1 atom stereocenters. The van der Waals surface area contributed by atoms with E-state index in [0.717, 1.165) is 36.2 Å². The smallest absolute Gasteiger partial charge is 0.336 e. The SMILES string of the molecule is CCc1ccc2c(C[NH2+]C[C@H](c3ccco3)[NH+]3CCCC3)cc(=O)oc2c1. The van der Waals surface area contributed by atoms with Crippen molar-refractivity contribution in [2.24, 2.45) is 0 Å². The topological polar surface area (TPSA) is 64.4 Å². The summed E-state index contributed by atoms with van der Waals surface area (Å²) in [6.45, 7) is 6.22. The molecule has 142 valence electrons. The van der Waals surface area contributed by atoms with Gasteiger partial charge in [0.25, 0.3) is 0 Å². The summed E-state index contributed by atoms with van der Waals surface area (Å²) in [5, 5.41) is 3.33. The molecule has 1 aliphatic heterocycles. The summed E-state index contributed by atoms with van der Waals surface area (Å²) in [5.74, 6) is 1.06. The van der Waals surface area contributed by atoms with Crippen LogP contribution >= 0.6 is 0 Å². The molecule has 0 radical (unpaired) electrons. The van der Waals surface area contributed by atoms with E-state index < -0.39 is 0 Å². The van der Waals surface area contributed by atoms with Gasteiger partial charge in [-0.1, -0.05) is 19.1 Å². The number of hydrogen-bond donors (Lipinski definition) is 2. The van der Waals surface area contributed by atoms with E-state index >= 15 is 0 Å². The second-order valence-corrected chi connectivity index (χ2v) is 7.44. The summed E-state index contributed by atoms with van der Waals surface area (Å²) in [4.78, 5) is 13.6. The predicted octanol–water partition coefficient (Wildman–Crippen LogP) is 1.43. The maximum atomic E-state index is 12.0. The minimum atomic E-state index is -0.271. The summed E-state index contributed by atoms with van der Waals surface area (Å²) >= 11 is 0. The third-order valence-corrected chi connectivity index (χ3v) is 5.69. The van der Waals surface area contributed by atoms with E-state index in [2.05, 4.69) is 30.4 Å². The molecule has 0 bridgehead atoms. The standard InChI is InChI=1S/C22H26N2O3/c1-2-16-7-8-18-17(13-22(25)27-21(18)12-16)14-23-15-19(20-6-5-11-26-20)24-9-3-4-10-24/h5-8,11-13,19,23H,2-4,9-10,14-15H2,1H3/p+2/t19-/m1/s1. The van der Waals surface area contributed by atoms with Gasteiger partial charge in [-0.05, 0) is 30.2 Å². The first-order chi connectivity index (χ1) is 13.2. The molecule has 27 heavy (non-hydrogen) atoms. The zero-order valence-corrected chi connectivity index (χ0v) is 15.9. The molecular weight excluding hydrogens is 340 g/mol. The van der Waals surface area contributed by atoms with Crippen LogP contribution in [-0.4, -0.2) is 19.6 Å². The molecule has 0 unspecified atom stereocenters. The number of aryl methyl sites for hydroxylation is 1. The molecule has 5 nitrogen and oxygen atoms in total. The van der Waals surface area contributed by atoms with E-state index in [9.17, 15) is 4.79 Å². The predicted molar refractivity (Wildman–Crippen MR) is 104 cm³/mol. The third-order valence-electron chi connectivity index (χ3n) is 5.69. The minimum absolute atomic E-state index is 0.271. The van der Waals surface area contributed by atoms with E-state index in [1.54, 1.807) is 17.2 Å². The van der Waals surface area contributed by atoms with Crippen molar-refractivity contribution < 1.29 is 19.1 Å². The quantitative estimate of drug-likeness (QED) is 0.620. The number of hydrogen-bond acceptors (Lipinski definition) is 3. The second-order valence-electron chi connectivity index (χ2n) is 7.44. The van der Waals surface area contributed by atoms with Crippen LogP contribution in [0.15, 0.2) is 56.3 Å². The lowest BCUT2D eigenvalue weighted by molar-refractivity contribution is -0.936. The molecule has 0 aliphatic carbocycles. The molecule has 5 heteroatoms. The number of furan rings is 1. The Hall–Kier alpha value is -2.37. The Balaban J connectivity index is 1.51. The van der Waals surface area contributed by atoms with Crippen LogP contribution in [0.4, 0.5) is 0 Å². The van der Waals surface area contributed by atoms with Gasteiger partial charge in [-0.3, -0.25) is 0 Å². The van der Waals surface area contributed by atoms with Gasteiger partial charge in [0.05, 0.1) is 19.4 Å². The molecule has 0 amide bonds. The van der Waals surface area contributed by atoms with Gasteiger partial charge < -0.3 is 19.1 Å². The number of likely N-dealkylation sites (tertiary alicyclic amines) is 1. The normalized spacial score (nSPS) is 16.2. The number of benzene rings is 1. The van der Waals surface area contributed by atoms with Crippen LogP contribution in [0.25, 0.3) is 11.0 Å². The number of rotatable bonds is 7. The molecule has 2 aromatic heterocycles. The number of quaternary nitrogens is 2. The lowest BCUT2D eigenvalue weighted by Gasteiger charge is -2.21. The number of nitrogens with two attached hydrogens (primary N) is 1. The Morgan fingerprint density at radius 2 is 2.04 bits per heavy atom. The fourth-order valence-corrected chi connectivity index (χ4v) is 4.22. The van der Waals surface area contributed by atoms with Crippen molar-refractivity contribution >= 4 is 11.0 Å². The van der Waals surface area contributed by atoms with Crippen molar-refractivity contribution in [3.63, 3.8) is 0 Å². The van der Waals surface area contributed by atoms with Crippen LogP contribution in [0, 0.1) is 0 Å². The van der Waals surface area contributed by atoms with Crippen LogP contribution in [0.3, 0.4) is 0 Å². The summed E-state index contributed by atoms with van der Waals surface area (Å²) < 4.78 is 11.1. The monoisotopic (exact) mass is 368 g/mol. The van der Waals surface area contributed by atoms with Gasteiger partial charge in [0.15, 0.2) is 11.8 Å². The van der Waals surface area contributed by atoms with Gasteiger partial charge in [0.1, 0.15) is 18.7 Å². The molecule has 1 saturated heterocycles. The molecule has 3 heterocycles. The fraction of sp³-hybridized carbons (Fsp3) is 0.409. The Morgan fingerprint density at radius 1 is 1.19 bits per heavy atom. The van der Waals surface area contributed by atoms with Crippen LogP contribution in [0.2, 0.25) is 0 Å². The summed E-state index contributed by atoms with van der Waals surface area (Å²) in [6, 6.07) is 12.2. The average Bonchev–Trinajstić information content (AvgIpc) is 3.38. The van der Waals surface area contributed by atoms with Crippen LogP contribution < -0.4 is 15.8 Å². The Morgan fingerprint density at radius 3 is 2.78 bits per heavy atom. The summed E-state index contributed by atoms with van der Waals surface area (Å²) in [7, 11) is 0. The van der Waals surface area contributed by atoms with Gasteiger partial charge >= 0.3 is 5.63 Å². The molecule has 0 saturated carbocycles. The largest absolute Gasteiger partial charge is 0.463 e. The minimum Gasteiger partial charge on any atom is -0.463 e. The third kappa shape index (κ3) is 3.99. The molecular formula is C22H28N2O3+2. The van der Waals surface area contributed by atoms with Crippen molar-refractivity contribution in [2.75, 3.05) is 19.6 Å². The van der Waals surface area contributed by atoms with Crippen molar-refractivity contribution in [1.29, 1.82) is 0 Å².